The van der Waals surface area contributed by atoms with Crippen molar-refractivity contribution < 1.29 is 4.74 Å². The summed E-state index contributed by atoms with van der Waals surface area (Å²) in [6, 6.07) is 7.00. The molecule has 0 spiro atoms. The lowest BCUT2D eigenvalue weighted by Crippen LogP contribution is -2.35. The number of rotatable bonds is 7. The second-order valence-electron chi connectivity index (χ2n) is 5.91. The van der Waals surface area contributed by atoms with E-state index in [9.17, 15) is 0 Å². The minimum Gasteiger partial charge on any atom is -0.493 e. The van der Waals surface area contributed by atoms with Crippen molar-refractivity contribution in [1.82, 2.24) is 5.43 Å². The molecule has 0 radical (unpaired) electrons. The van der Waals surface area contributed by atoms with Crippen LogP contribution in [0.3, 0.4) is 0 Å². The van der Waals surface area contributed by atoms with Gasteiger partial charge in [-0.1, -0.05) is 26.0 Å². The summed E-state index contributed by atoms with van der Waals surface area (Å²) in [6.45, 7) is 5.35. The number of hydrogen-bond donors (Lipinski definition) is 2. The van der Waals surface area contributed by atoms with Gasteiger partial charge in [0.1, 0.15) is 5.75 Å². The van der Waals surface area contributed by atoms with Crippen molar-refractivity contribution in [2.75, 3.05) is 6.61 Å². The number of nitrogens with one attached hydrogen (secondary N) is 1. The summed E-state index contributed by atoms with van der Waals surface area (Å²) >= 11 is 0. The first-order valence-electron chi connectivity index (χ1n) is 7.39. The molecule has 19 heavy (non-hydrogen) atoms. The Morgan fingerprint density at radius 2 is 2.11 bits per heavy atom. The van der Waals surface area contributed by atoms with E-state index in [1.165, 1.54) is 17.5 Å². The molecule has 1 aliphatic heterocycles. The number of hydrazine groups is 1. The van der Waals surface area contributed by atoms with Crippen LogP contribution in [-0.4, -0.2) is 12.6 Å². The van der Waals surface area contributed by atoms with E-state index in [1.807, 2.05) is 0 Å². The fraction of sp³-hybridized carbons (Fsp3) is 0.625. The van der Waals surface area contributed by atoms with Crippen molar-refractivity contribution in [2.45, 2.75) is 52.0 Å². The van der Waals surface area contributed by atoms with Gasteiger partial charge in [0.25, 0.3) is 0 Å². The number of ether oxygens (including phenoxy) is 1. The van der Waals surface area contributed by atoms with Gasteiger partial charge in [0.05, 0.1) is 6.61 Å². The van der Waals surface area contributed by atoms with Gasteiger partial charge in [-0.15, -0.1) is 0 Å². The van der Waals surface area contributed by atoms with Crippen LogP contribution in [-0.2, 0) is 12.8 Å². The van der Waals surface area contributed by atoms with Crippen LogP contribution in [0.15, 0.2) is 18.2 Å². The third kappa shape index (κ3) is 4.22. The minimum absolute atomic E-state index is 0.423. The molecule has 3 heteroatoms. The zero-order valence-corrected chi connectivity index (χ0v) is 12.1. The maximum absolute atomic E-state index is 5.64. The van der Waals surface area contributed by atoms with Crippen molar-refractivity contribution in [1.29, 1.82) is 0 Å². The van der Waals surface area contributed by atoms with E-state index in [0.29, 0.717) is 6.04 Å². The predicted molar refractivity (Wildman–Crippen MR) is 79.1 cm³/mol. The first kappa shape index (κ1) is 14.4. The average molecular weight is 262 g/mol. The summed E-state index contributed by atoms with van der Waals surface area (Å²) in [5.74, 6) is 7.45. The molecule has 106 valence electrons. The molecule has 0 fully saturated rings. The van der Waals surface area contributed by atoms with Crippen molar-refractivity contribution in [2.24, 2.45) is 11.8 Å². The van der Waals surface area contributed by atoms with Crippen LogP contribution in [0.25, 0.3) is 0 Å². The Hall–Kier alpha value is -1.06. The van der Waals surface area contributed by atoms with Crippen molar-refractivity contribution in [3.05, 3.63) is 29.3 Å². The summed E-state index contributed by atoms with van der Waals surface area (Å²) in [5, 5.41) is 0. The van der Waals surface area contributed by atoms with E-state index in [-0.39, 0.29) is 0 Å². The summed E-state index contributed by atoms with van der Waals surface area (Å²) in [5.41, 5.74) is 5.71. The molecule has 1 aromatic rings. The van der Waals surface area contributed by atoms with E-state index in [1.54, 1.807) is 0 Å². The van der Waals surface area contributed by atoms with Gasteiger partial charge in [-0.3, -0.25) is 11.3 Å². The third-order valence-corrected chi connectivity index (χ3v) is 3.86. The maximum Gasteiger partial charge on any atom is 0.122 e. The molecule has 1 unspecified atom stereocenters. The zero-order valence-electron chi connectivity index (χ0n) is 12.1. The molecule has 0 aromatic heterocycles. The van der Waals surface area contributed by atoms with Crippen LogP contribution >= 0.6 is 0 Å². The topological polar surface area (TPSA) is 47.3 Å². The number of fused-ring (bicyclic) bond motifs is 1. The molecule has 1 aliphatic rings. The highest BCUT2D eigenvalue weighted by molar-refractivity contribution is 5.39. The monoisotopic (exact) mass is 262 g/mol. The summed E-state index contributed by atoms with van der Waals surface area (Å²) in [4.78, 5) is 0. The van der Waals surface area contributed by atoms with Gasteiger partial charge >= 0.3 is 0 Å². The summed E-state index contributed by atoms with van der Waals surface area (Å²) < 4.78 is 5.53. The molecule has 0 bridgehead atoms. The van der Waals surface area contributed by atoms with Gasteiger partial charge in [-0.05, 0) is 48.8 Å². The molecule has 0 aliphatic carbocycles. The molecule has 2 rings (SSSR count). The first-order valence-corrected chi connectivity index (χ1v) is 7.39. The standard InChI is InChI=1S/C16H26N2O/c1-12(2)3-6-15(18-17)7-4-13-5-8-16-14(11-13)9-10-19-16/h5,8,11-12,15,18H,3-4,6-7,9-10,17H2,1-2H3. The van der Waals surface area contributed by atoms with E-state index >= 15 is 0 Å². The number of nitrogens with two attached hydrogens (primary N) is 1. The van der Waals surface area contributed by atoms with Crippen LogP contribution in [0, 0.1) is 5.92 Å². The van der Waals surface area contributed by atoms with Crippen LogP contribution in [0.1, 0.15) is 44.2 Å². The molecular formula is C16H26N2O. The second kappa shape index (κ2) is 6.92. The van der Waals surface area contributed by atoms with Crippen molar-refractivity contribution in [3.63, 3.8) is 0 Å². The lowest BCUT2D eigenvalue weighted by molar-refractivity contribution is 0.357. The minimum atomic E-state index is 0.423. The van der Waals surface area contributed by atoms with Crippen LogP contribution in [0.5, 0.6) is 5.75 Å². The van der Waals surface area contributed by atoms with Crippen LogP contribution < -0.4 is 16.0 Å². The summed E-state index contributed by atoms with van der Waals surface area (Å²) in [6.07, 6.45) is 5.62. The van der Waals surface area contributed by atoms with Gasteiger partial charge in [-0.25, -0.2) is 0 Å². The van der Waals surface area contributed by atoms with Gasteiger partial charge in [-0.2, -0.15) is 0 Å². The fourth-order valence-corrected chi connectivity index (χ4v) is 2.58. The highest BCUT2D eigenvalue weighted by Gasteiger charge is 2.13. The largest absolute Gasteiger partial charge is 0.493 e. The quantitative estimate of drug-likeness (QED) is 0.587. The van der Waals surface area contributed by atoms with E-state index in [2.05, 4.69) is 37.5 Å². The van der Waals surface area contributed by atoms with Crippen molar-refractivity contribution >= 4 is 0 Å². The number of benzene rings is 1. The molecule has 3 nitrogen and oxygen atoms in total. The molecule has 1 atom stereocenters. The van der Waals surface area contributed by atoms with Gasteiger partial charge < -0.3 is 4.74 Å². The lowest BCUT2D eigenvalue weighted by Gasteiger charge is -2.17. The third-order valence-electron chi connectivity index (χ3n) is 3.86. The Kier molecular flexibility index (Phi) is 5.23. The molecule has 0 amide bonds. The summed E-state index contributed by atoms with van der Waals surface area (Å²) in [7, 11) is 0. The highest BCUT2D eigenvalue weighted by atomic mass is 16.5. The highest BCUT2D eigenvalue weighted by Crippen LogP contribution is 2.26. The second-order valence-corrected chi connectivity index (χ2v) is 5.91. The fourth-order valence-electron chi connectivity index (χ4n) is 2.58. The Labute approximate surface area is 116 Å². The normalized spacial score (nSPS) is 15.4. The maximum atomic E-state index is 5.64. The molecule has 0 saturated heterocycles. The van der Waals surface area contributed by atoms with Crippen LogP contribution in [0.2, 0.25) is 0 Å². The van der Waals surface area contributed by atoms with Gasteiger partial charge in [0.2, 0.25) is 0 Å². The average Bonchev–Trinajstić information content (AvgIpc) is 2.86. The van der Waals surface area contributed by atoms with Gasteiger partial charge in [0, 0.05) is 12.5 Å². The Morgan fingerprint density at radius 3 is 2.84 bits per heavy atom. The first-order chi connectivity index (χ1) is 9.19. The Morgan fingerprint density at radius 1 is 1.26 bits per heavy atom. The molecule has 0 saturated carbocycles. The van der Waals surface area contributed by atoms with Crippen LogP contribution in [0.4, 0.5) is 0 Å². The zero-order chi connectivity index (χ0) is 13.7. The lowest BCUT2D eigenvalue weighted by atomic mass is 9.97. The smallest absolute Gasteiger partial charge is 0.122 e. The number of hydrogen-bond acceptors (Lipinski definition) is 3. The Bertz CT molecular complexity index is 404. The van der Waals surface area contributed by atoms with Crippen molar-refractivity contribution in [3.8, 4) is 5.75 Å². The van der Waals surface area contributed by atoms with E-state index in [0.717, 1.165) is 44.0 Å². The molecular weight excluding hydrogens is 236 g/mol. The SMILES string of the molecule is CC(C)CCC(CCc1ccc2c(c1)CCO2)NN. The molecule has 3 N–H and O–H groups in total. The predicted octanol–water partition coefficient (Wildman–Crippen LogP) is 2.82. The molecule has 1 aromatic carbocycles. The van der Waals surface area contributed by atoms with Gasteiger partial charge in [0.15, 0.2) is 0 Å². The number of aryl methyl sites for hydroxylation is 1. The van der Waals surface area contributed by atoms with E-state index in [4.69, 9.17) is 10.6 Å². The molecule has 1 heterocycles. The Balaban J connectivity index is 1.83. The van der Waals surface area contributed by atoms with E-state index < -0.39 is 0 Å².